The SMILES string of the molecule is CCN(Cc1ccc(N)cc1OC)c1ccc(F)cc1. The molecular weight excluding hydrogens is 255 g/mol. The van der Waals surface area contributed by atoms with Gasteiger partial charge >= 0.3 is 0 Å². The maximum absolute atomic E-state index is 13.0. The van der Waals surface area contributed by atoms with Crippen molar-refractivity contribution in [1.29, 1.82) is 0 Å². The van der Waals surface area contributed by atoms with Gasteiger partial charge in [-0.05, 0) is 37.3 Å². The number of rotatable bonds is 5. The Kier molecular flexibility index (Phi) is 4.45. The Hall–Kier alpha value is -2.23. The Morgan fingerprint density at radius 3 is 2.45 bits per heavy atom. The Labute approximate surface area is 118 Å². The van der Waals surface area contributed by atoms with Gasteiger partial charge in [-0.2, -0.15) is 0 Å². The lowest BCUT2D eigenvalue weighted by Gasteiger charge is -2.24. The highest BCUT2D eigenvalue weighted by molar-refractivity contribution is 5.52. The van der Waals surface area contributed by atoms with Crippen molar-refractivity contribution in [2.24, 2.45) is 0 Å². The number of nitrogens with zero attached hydrogens (tertiary/aromatic N) is 1. The molecule has 0 aliphatic heterocycles. The van der Waals surface area contributed by atoms with Crippen LogP contribution in [0.15, 0.2) is 42.5 Å². The first kappa shape index (κ1) is 14.2. The first-order valence-corrected chi connectivity index (χ1v) is 6.57. The summed E-state index contributed by atoms with van der Waals surface area (Å²) in [6, 6.07) is 12.1. The fraction of sp³-hybridized carbons (Fsp3) is 0.250. The predicted molar refractivity (Wildman–Crippen MR) is 80.5 cm³/mol. The standard InChI is InChI=1S/C16H19FN2O/c1-3-19(15-8-5-13(17)6-9-15)11-12-4-7-14(18)10-16(12)20-2/h4-10H,3,11,18H2,1-2H3. The van der Waals surface area contributed by atoms with E-state index < -0.39 is 0 Å². The molecule has 2 aromatic rings. The molecule has 2 aromatic carbocycles. The maximum Gasteiger partial charge on any atom is 0.125 e. The van der Waals surface area contributed by atoms with E-state index in [4.69, 9.17) is 10.5 Å². The van der Waals surface area contributed by atoms with Crippen LogP contribution in [0.4, 0.5) is 15.8 Å². The van der Waals surface area contributed by atoms with Gasteiger partial charge in [0.2, 0.25) is 0 Å². The number of nitrogen functional groups attached to an aromatic ring is 1. The minimum absolute atomic E-state index is 0.227. The van der Waals surface area contributed by atoms with Crippen LogP contribution in [0, 0.1) is 5.82 Å². The lowest BCUT2D eigenvalue weighted by Crippen LogP contribution is -2.22. The predicted octanol–water partition coefficient (Wildman–Crippen LogP) is 3.44. The lowest BCUT2D eigenvalue weighted by molar-refractivity contribution is 0.409. The summed E-state index contributed by atoms with van der Waals surface area (Å²) in [6.45, 7) is 3.57. The highest BCUT2D eigenvalue weighted by Crippen LogP contribution is 2.25. The van der Waals surface area contributed by atoms with E-state index in [9.17, 15) is 4.39 Å². The van der Waals surface area contributed by atoms with Crippen LogP contribution in [0.25, 0.3) is 0 Å². The number of benzene rings is 2. The molecule has 0 saturated heterocycles. The Morgan fingerprint density at radius 2 is 1.85 bits per heavy atom. The van der Waals surface area contributed by atoms with Crippen LogP contribution in [-0.4, -0.2) is 13.7 Å². The molecule has 0 radical (unpaired) electrons. The molecule has 0 bridgehead atoms. The Balaban J connectivity index is 2.24. The molecule has 4 heteroatoms. The zero-order valence-corrected chi connectivity index (χ0v) is 11.8. The molecule has 0 fully saturated rings. The molecule has 20 heavy (non-hydrogen) atoms. The first-order valence-electron chi connectivity index (χ1n) is 6.57. The first-order chi connectivity index (χ1) is 9.63. The highest BCUT2D eigenvalue weighted by atomic mass is 19.1. The maximum atomic E-state index is 13.0. The summed E-state index contributed by atoms with van der Waals surface area (Å²) >= 11 is 0. The number of ether oxygens (including phenoxy) is 1. The van der Waals surface area contributed by atoms with Crippen molar-refractivity contribution in [3.8, 4) is 5.75 Å². The lowest BCUT2D eigenvalue weighted by atomic mass is 10.1. The van der Waals surface area contributed by atoms with Crippen LogP contribution in [0.1, 0.15) is 12.5 Å². The number of methoxy groups -OCH3 is 1. The molecule has 0 atom stereocenters. The fourth-order valence-corrected chi connectivity index (χ4v) is 2.13. The van der Waals surface area contributed by atoms with Gasteiger partial charge in [-0.3, -0.25) is 0 Å². The summed E-state index contributed by atoms with van der Waals surface area (Å²) in [5.74, 6) is 0.542. The quantitative estimate of drug-likeness (QED) is 0.849. The molecule has 0 amide bonds. The van der Waals surface area contributed by atoms with E-state index in [1.54, 1.807) is 19.2 Å². The normalized spacial score (nSPS) is 10.3. The average molecular weight is 274 g/mol. The molecular formula is C16H19FN2O. The van der Waals surface area contributed by atoms with Gasteiger partial charge in [0.25, 0.3) is 0 Å². The van der Waals surface area contributed by atoms with Gasteiger partial charge in [0.1, 0.15) is 11.6 Å². The van der Waals surface area contributed by atoms with Gasteiger partial charge in [0.05, 0.1) is 7.11 Å². The van der Waals surface area contributed by atoms with Crippen LogP contribution in [0.3, 0.4) is 0 Å². The van der Waals surface area contributed by atoms with E-state index in [2.05, 4.69) is 11.8 Å². The van der Waals surface area contributed by atoms with E-state index >= 15 is 0 Å². The number of anilines is 2. The van der Waals surface area contributed by atoms with Crippen molar-refractivity contribution in [2.75, 3.05) is 24.3 Å². The van der Waals surface area contributed by atoms with E-state index in [0.29, 0.717) is 12.2 Å². The number of hydrogen-bond donors (Lipinski definition) is 1. The highest BCUT2D eigenvalue weighted by Gasteiger charge is 2.10. The molecule has 3 nitrogen and oxygen atoms in total. The zero-order valence-electron chi connectivity index (χ0n) is 11.8. The van der Waals surface area contributed by atoms with Gasteiger partial charge in [0.15, 0.2) is 0 Å². The van der Waals surface area contributed by atoms with Crippen molar-refractivity contribution >= 4 is 11.4 Å². The van der Waals surface area contributed by atoms with Gasteiger partial charge in [-0.15, -0.1) is 0 Å². The third kappa shape index (κ3) is 3.20. The van der Waals surface area contributed by atoms with E-state index in [0.717, 1.165) is 23.5 Å². The molecule has 0 heterocycles. The van der Waals surface area contributed by atoms with Crippen molar-refractivity contribution in [3.63, 3.8) is 0 Å². The van der Waals surface area contributed by atoms with E-state index in [-0.39, 0.29) is 5.82 Å². The molecule has 0 unspecified atom stereocenters. The molecule has 0 spiro atoms. The van der Waals surface area contributed by atoms with Gasteiger partial charge < -0.3 is 15.4 Å². The molecule has 2 N–H and O–H groups in total. The summed E-state index contributed by atoms with van der Waals surface area (Å²) in [7, 11) is 1.63. The minimum Gasteiger partial charge on any atom is -0.496 e. The number of nitrogens with two attached hydrogens (primary N) is 1. The molecule has 2 rings (SSSR count). The van der Waals surface area contributed by atoms with Crippen LogP contribution in [-0.2, 0) is 6.54 Å². The van der Waals surface area contributed by atoms with Gasteiger partial charge in [0, 0.05) is 36.1 Å². The molecule has 0 aromatic heterocycles. The van der Waals surface area contributed by atoms with Crippen molar-refractivity contribution in [1.82, 2.24) is 0 Å². The van der Waals surface area contributed by atoms with Crippen LogP contribution < -0.4 is 15.4 Å². The second-order valence-corrected chi connectivity index (χ2v) is 4.56. The molecule has 0 aliphatic rings. The second kappa shape index (κ2) is 6.28. The molecule has 0 saturated carbocycles. The summed E-state index contributed by atoms with van der Waals surface area (Å²) in [4.78, 5) is 2.15. The largest absolute Gasteiger partial charge is 0.496 e. The average Bonchev–Trinajstić information content (AvgIpc) is 2.47. The third-order valence-corrected chi connectivity index (χ3v) is 3.25. The van der Waals surface area contributed by atoms with Gasteiger partial charge in [-0.25, -0.2) is 4.39 Å². The van der Waals surface area contributed by atoms with Crippen LogP contribution in [0.2, 0.25) is 0 Å². The number of halogens is 1. The van der Waals surface area contributed by atoms with Crippen molar-refractivity contribution in [3.05, 3.63) is 53.8 Å². The zero-order chi connectivity index (χ0) is 14.5. The minimum atomic E-state index is -0.227. The van der Waals surface area contributed by atoms with E-state index in [1.165, 1.54) is 12.1 Å². The Bertz CT molecular complexity index is 569. The van der Waals surface area contributed by atoms with Crippen LogP contribution in [0.5, 0.6) is 5.75 Å². The van der Waals surface area contributed by atoms with Gasteiger partial charge in [-0.1, -0.05) is 6.07 Å². The van der Waals surface area contributed by atoms with Crippen LogP contribution >= 0.6 is 0 Å². The monoisotopic (exact) mass is 274 g/mol. The summed E-state index contributed by atoms with van der Waals surface area (Å²) < 4.78 is 18.4. The summed E-state index contributed by atoms with van der Waals surface area (Å²) in [5, 5.41) is 0. The number of hydrogen-bond acceptors (Lipinski definition) is 3. The Morgan fingerprint density at radius 1 is 1.15 bits per heavy atom. The van der Waals surface area contributed by atoms with Crippen molar-refractivity contribution in [2.45, 2.75) is 13.5 Å². The van der Waals surface area contributed by atoms with E-state index in [1.807, 2.05) is 18.2 Å². The fourth-order valence-electron chi connectivity index (χ4n) is 2.13. The molecule has 106 valence electrons. The second-order valence-electron chi connectivity index (χ2n) is 4.56. The van der Waals surface area contributed by atoms with Crippen molar-refractivity contribution < 1.29 is 9.13 Å². The summed E-state index contributed by atoms with van der Waals surface area (Å²) in [5.41, 5.74) is 8.46. The smallest absolute Gasteiger partial charge is 0.125 e. The third-order valence-electron chi connectivity index (χ3n) is 3.25. The topological polar surface area (TPSA) is 38.5 Å². The summed E-state index contributed by atoms with van der Waals surface area (Å²) in [6.07, 6.45) is 0. The molecule has 0 aliphatic carbocycles.